The van der Waals surface area contributed by atoms with Gasteiger partial charge in [0.25, 0.3) is 0 Å². The molecule has 0 aliphatic rings. The molecule has 6 unspecified atom stereocenters. The zero-order valence-electron chi connectivity index (χ0n) is 14.1. The van der Waals surface area contributed by atoms with Crippen molar-refractivity contribution in [3.8, 4) is 0 Å². The third-order valence-corrected chi connectivity index (χ3v) is 5.67. The molecule has 0 aromatic carbocycles. The van der Waals surface area contributed by atoms with Gasteiger partial charge >= 0.3 is 0 Å². The molecule has 0 spiro atoms. The number of aliphatic hydroxyl groups is 1. The van der Waals surface area contributed by atoms with E-state index in [0.717, 1.165) is 0 Å². The Kier molecular flexibility index (Phi) is 7.51. The average Bonchev–Trinajstić information content (AvgIpc) is 2.32. The first-order chi connectivity index (χ1) is 8.11. The van der Waals surface area contributed by atoms with Crippen LogP contribution in [0.4, 0.5) is 0 Å². The second-order valence-corrected chi connectivity index (χ2v) is 7.27. The van der Waals surface area contributed by atoms with Gasteiger partial charge in [-0.25, -0.2) is 0 Å². The van der Waals surface area contributed by atoms with Crippen molar-refractivity contribution in [3.63, 3.8) is 0 Å². The van der Waals surface area contributed by atoms with E-state index in [1.54, 1.807) is 0 Å². The molecule has 0 aliphatic carbocycles. The SMILES string of the molecule is CC(C)C(C)C(C)C(C)C(O)C(C)C(C)C(C)C. The summed E-state index contributed by atoms with van der Waals surface area (Å²) in [4.78, 5) is 0. The van der Waals surface area contributed by atoms with E-state index >= 15 is 0 Å². The third-order valence-electron chi connectivity index (χ3n) is 5.67. The maximum absolute atomic E-state index is 10.6. The molecular weight excluding hydrogens is 220 g/mol. The smallest absolute Gasteiger partial charge is 0.0596 e. The van der Waals surface area contributed by atoms with Gasteiger partial charge in [0.1, 0.15) is 0 Å². The molecule has 110 valence electrons. The van der Waals surface area contributed by atoms with Gasteiger partial charge in [-0.2, -0.15) is 0 Å². The molecular formula is C17H36O. The van der Waals surface area contributed by atoms with Crippen LogP contribution in [0.1, 0.15) is 62.3 Å². The van der Waals surface area contributed by atoms with Crippen molar-refractivity contribution < 1.29 is 5.11 Å². The molecule has 6 atom stereocenters. The van der Waals surface area contributed by atoms with E-state index in [4.69, 9.17) is 0 Å². The predicted molar refractivity (Wildman–Crippen MR) is 81.5 cm³/mol. The average molecular weight is 256 g/mol. The minimum Gasteiger partial charge on any atom is -0.393 e. The minimum absolute atomic E-state index is 0.182. The summed E-state index contributed by atoms with van der Waals surface area (Å²) in [5.74, 6) is 3.88. The summed E-state index contributed by atoms with van der Waals surface area (Å²) >= 11 is 0. The molecule has 0 aromatic heterocycles. The first kappa shape index (κ1) is 18.0. The van der Waals surface area contributed by atoms with Crippen LogP contribution in [0.2, 0.25) is 0 Å². The van der Waals surface area contributed by atoms with Crippen molar-refractivity contribution in [1.29, 1.82) is 0 Å². The van der Waals surface area contributed by atoms with Gasteiger partial charge in [0, 0.05) is 0 Å². The first-order valence-electron chi connectivity index (χ1n) is 7.79. The Morgan fingerprint density at radius 2 is 0.722 bits per heavy atom. The fourth-order valence-electron chi connectivity index (χ4n) is 2.79. The van der Waals surface area contributed by atoms with Crippen LogP contribution in [0.3, 0.4) is 0 Å². The van der Waals surface area contributed by atoms with E-state index in [-0.39, 0.29) is 6.10 Å². The highest BCUT2D eigenvalue weighted by Gasteiger charge is 2.32. The second kappa shape index (κ2) is 7.53. The molecule has 18 heavy (non-hydrogen) atoms. The molecule has 0 amide bonds. The quantitative estimate of drug-likeness (QED) is 0.691. The van der Waals surface area contributed by atoms with Gasteiger partial charge in [-0.3, -0.25) is 0 Å². The van der Waals surface area contributed by atoms with E-state index in [2.05, 4.69) is 62.3 Å². The van der Waals surface area contributed by atoms with Crippen LogP contribution in [0.15, 0.2) is 0 Å². The monoisotopic (exact) mass is 256 g/mol. The van der Waals surface area contributed by atoms with Gasteiger partial charge in [0.05, 0.1) is 6.10 Å². The topological polar surface area (TPSA) is 20.2 Å². The molecule has 0 fully saturated rings. The van der Waals surface area contributed by atoms with Crippen molar-refractivity contribution in [3.05, 3.63) is 0 Å². The van der Waals surface area contributed by atoms with Gasteiger partial charge in [0.2, 0.25) is 0 Å². The zero-order valence-corrected chi connectivity index (χ0v) is 14.1. The maximum atomic E-state index is 10.6. The summed E-state index contributed by atoms with van der Waals surface area (Å²) in [6, 6.07) is 0. The number of rotatable bonds is 7. The van der Waals surface area contributed by atoms with E-state index in [1.165, 1.54) is 0 Å². The highest BCUT2D eigenvalue weighted by Crippen LogP contribution is 2.34. The lowest BCUT2D eigenvalue weighted by atomic mass is 9.71. The van der Waals surface area contributed by atoms with Crippen molar-refractivity contribution in [1.82, 2.24) is 0 Å². The molecule has 0 aliphatic heterocycles. The van der Waals surface area contributed by atoms with Gasteiger partial charge in [-0.1, -0.05) is 62.3 Å². The molecule has 0 saturated carbocycles. The number of aliphatic hydroxyl groups excluding tert-OH is 1. The molecule has 0 radical (unpaired) electrons. The highest BCUT2D eigenvalue weighted by atomic mass is 16.3. The van der Waals surface area contributed by atoms with E-state index in [0.29, 0.717) is 41.4 Å². The summed E-state index contributed by atoms with van der Waals surface area (Å²) < 4.78 is 0. The Morgan fingerprint density at radius 1 is 0.444 bits per heavy atom. The van der Waals surface area contributed by atoms with Crippen molar-refractivity contribution in [2.24, 2.45) is 41.4 Å². The zero-order chi connectivity index (χ0) is 14.6. The third kappa shape index (κ3) is 4.57. The minimum atomic E-state index is -0.182. The standard InChI is InChI=1S/C17H36O/c1-10(2)12(5)14(7)16(9)17(18)15(8)13(6)11(3)4/h10-18H,1-9H3. The fraction of sp³-hybridized carbons (Fsp3) is 1.00. The molecule has 0 heterocycles. The Balaban J connectivity index is 4.63. The van der Waals surface area contributed by atoms with Crippen molar-refractivity contribution in [2.75, 3.05) is 0 Å². The van der Waals surface area contributed by atoms with Crippen LogP contribution in [0.25, 0.3) is 0 Å². The molecule has 1 N–H and O–H groups in total. The molecule has 0 aromatic rings. The highest BCUT2D eigenvalue weighted by molar-refractivity contribution is 4.81. The second-order valence-electron chi connectivity index (χ2n) is 7.27. The van der Waals surface area contributed by atoms with Crippen LogP contribution < -0.4 is 0 Å². The summed E-state index contributed by atoms with van der Waals surface area (Å²) in [5.41, 5.74) is 0. The predicted octanol–water partition coefficient (Wildman–Crippen LogP) is 4.84. The van der Waals surface area contributed by atoms with Crippen LogP contribution in [-0.4, -0.2) is 11.2 Å². The molecule has 0 saturated heterocycles. The normalized spacial score (nSPS) is 22.7. The van der Waals surface area contributed by atoms with Crippen molar-refractivity contribution in [2.45, 2.75) is 68.4 Å². The van der Waals surface area contributed by atoms with Crippen LogP contribution in [0.5, 0.6) is 0 Å². The summed E-state index contributed by atoms with van der Waals surface area (Å²) in [7, 11) is 0. The summed E-state index contributed by atoms with van der Waals surface area (Å²) in [6.45, 7) is 20.4. The lowest BCUT2D eigenvalue weighted by molar-refractivity contribution is -0.00191. The van der Waals surface area contributed by atoms with Crippen LogP contribution in [-0.2, 0) is 0 Å². The molecule has 1 nitrogen and oxygen atoms in total. The van der Waals surface area contributed by atoms with Gasteiger partial charge in [-0.15, -0.1) is 0 Å². The molecule has 1 heteroatoms. The van der Waals surface area contributed by atoms with Gasteiger partial charge in [0.15, 0.2) is 0 Å². The maximum Gasteiger partial charge on any atom is 0.0596 e. The summed E-state index contributed by atoms with van der Waals surface area (Å²) in [6.07, 6.45) is -0.182. The summed E-state index contributed by atoms with van der Waals surface area (Å²) in [5, 5.41) is 10.6. The van der Waals surface area contributed by atoms with Gasteiger partial charge in [-0.05, 0) is 41.4 Å². The lowest BCUT2D eigenvalue weighted by Crippen LogP contribution is -2.37. The Labute approximate surface area is 115 Å². The first-order valence-corrected chi connectivity index (χ1v) is 7.79. The van der Waals surface area contributed by atoms with Crippen LogP contribution >= 0.6 is 0 Å². The Hall–Kier alpha value is -0.0400. The van der Waals surface area contributed by atoms with E-state index in [9.17, 15) is 5.11 Å². The molecule has 0 rings (SSSR count). The lowest BCUT2D eigenvalue weighted by Gasteiger charge is -2.37. The number of hydrogen-bond donors (Lipinski definition) is 1. The van der Waals surface area contributed by atoms with Crippen molar-refractivity contribution >= 4 is 0 Å². The van der Waals surface area contributed by atoms with E-state index in [1.807, 2.05) is 0 Å². The van der Waals surface area contributed by atoms with Crippen LogP contribution in [0, 0.1) is 41.4 Å². The fourth-order valence-corrected chi connectivity index (χ4v) is 2.79. The van der Waals surface area contributed by atoms with Gasteiger partial charge < -0.3 is 5.11 Å². The molecule has 0 bridgehead atoms. The Bertz CT molecular complexity index is 198. The van der Waals surface area contributed by atoms with E-state index < -0.39 is 0 Å². The Morgan fingerprint density at radius 3 is 1.06 bits per heavy atom. The largest absolute Gasteiger partial charge is 0.393 e. The number of hydrogen-bond acceptors (Lipinski definition) is 1.